The number of methoxy groups -OCH3 is 2. The van der Waals surface area contributed by atoms with Crippen molar-refractivity contribution in [1.29, 1.82) is 0 Å². The van der Waals surface area contributed by atoms with Crippen molar-refractivity contribution >= 4 is 17.9 Å². The van der Waals surface area contributed by atoms with Gasteiger partial charge in [0.05, 0.1) is 19.8 Å². The Kier molecular flexibility index (Phi) is 3.52. The molecule has 0 saturated carbocycles. The lowest BCUT2D eigenvalue weighted by Gasteiger charge is -2.22. The predicted octanol–water partition coefficient (Wildman–Crippen LogP) is -0.716. The first-order chi connectivity index (χ1) is 7.85. The number of aliphatic hydroxyl groups is 1. The summed E-state index contributed by atoms with van der Waals surface area (Å²) < 4.78 is 13.4. The van der Waals surface area contributed by atoms with E-state index in [0.29, 0.717) is 0 Å². The van der Waals surface area contributed by atoms with Gasteiger partial charge in [0.2, 0.25) is 0 Å². The molecule has 1 atom stereocenters. The average Bonchev–Trinajstić information content (AvgIpc) is 2.48. The summed E-state index contributed by atoms with van der Waals surface area (Å²) in [4.78, 5) is 33.8. The van der Waals surface area contributed by atoms with Gasteiger partial charge in [0, 0.05) is 0 Å². The van der Waals surface area contributed by atoms with Crippen LogP contribution in [0.1, 0.15) is 13.3 Å². The minimum atomic E-state index is -2.32. The summed E-state index contributed by atoms with van der Waals surface area (Å²) in [6, 6.07) is 0. The van der Waals surface area contributed by atoms with Gasteiger partial charge in [-0.2, -0.15) is 0 Å². The van der Waals surface area contributed by atoms with Crippen molar-refractivity contribution in [2.75, 3.05) is 14.2 Å². The lowest BCUT2D eigenvalue weighted by atomic mass is 10.0. The first-order valence-corrected chi connectivity index (χ1v) is 4.68. The molecule has 7 heteroatoms. The second kappa shape index (κ2) is 4.54. The first-order valence-electron chi connectivity index (χ1n) is 4.68. The number of carbonyl (C=O) groups excluding carboxylic acids is 3. The summed E-state index contributed by atoms with van der Waals surface area (Å²) in [5.74, 6) is -4.95. The highest BCUT2D eigenvalue weighted by molar-refractivity contribution is 6.05. The standard InChI is InChI=1S/C10H12O7/c1-5-7(9(13)16-3)10(14,17-8(5)12)4-6(11)15-2/h14H,4H2,1-3H3. The maximum Gasteiger partial charge on any atom is 0.340 e. The molecule has 0 bridgehead atoms. The van der Waals surface area contributed by atoms with E-state index in [2.05, 4.69) is 14.2 Å². The van der Waals surface area contributed by atoms with E-state index >= 15 is 0 Å². The fraction of sp³-hybridized carbons (Fsp3) is 0.500. The van der Waals surface area contributed by atoms with Gasteiger partial charge in [-0.3, -0.25) is 4.79 Å². The molecule has 0 aromatic carbocycles. The molecular weight excluding hydrogens is 232 g/mol. The number of hydrogen-bond donors (Lipinski definition) is 1. The van der Waals surface area contributed by atoms with Crippen molar-refractivity contribution in [2.45, 2.75) is 19.1 Å². The lowest BCUT2D eigenvalue weighted by molar-refractivity contribution is -0.191. The molecule has 0 saturated heterocycles. The van der Waals surface area contributed by atoms with Gasteiger partial charge in [0.25, 0.3) is 5.79 Å². The van der Waals surface area contributed by atoms with Crippen LogP contribution >= 0.6 is 0 Å². The highest BCUT2D eigenvalue weighted by atomic mass is 16.7. The first kappa shape index (κ1) is 13.2. The summed E-state index contributed by atoms with van der Waals surface area (Å²) in [6.45, 7) is 1.30. The number of carbonyl (C=O) groups is 3. The second-order valence-electron chi connectivity index (χ2n) is 3.42. The average molecular weight is 244 g/mol. The van der Waals surface area contributed by atoms with Crippen LogP contribution in [0.15, 0.2) is 11.1 Å². The molecule has 0 aromatic heterocycles. The van der Waals surface area contributed by atoms with Crippen LogP contribution in [0.4, 0.5) is 0 Å². The molecule has 1 N–H and O–H groups in total. The van der Waals surface area contributed by atoms with Gasteiger partial charge in [-0.1, -0.05) is 0 Å². The molecule has 0 spiro atoms. The number of hydrogen-bond acceptors (Lipinski definition) is 7. The van der Waals surface area contributed by atoms with E-state index < -0.39 is 30.1 Å². The monoisotopic (exact) mass is 244 g/mol. The molecule has 94 valence electrons. The zero-order valence-corrected chi connectivity index (χ0v) is 9.60. The van der Waals surface area contributed by atoms with Gasteiger partial charge in [-0.15, -0.1) is 0 Å². The zero-order chi connectivity index (χ0) is 13.2. The fourth-order valence-electron chi connectivity index (χ4n) is 1.48. The van der Waals surface area contributed by atoms with Crippen molar-refractivity contribution in [1.82, 2.24) is 0 Å². The molecule has 0 fully saturated rings. The number of cyclic esters (lactones) is 1. The van der Waals surface area contributed by atoms with Gasteiger partial charge >= 0.3 is 17.9 Å². The summed E-state index contributed by atoms with van der Waals surface area (Å²) in [5, 5.41) is 9.99. The normalized spacial score (nSPS) is 23.4. The molecule has 0 aliphatic carbocycles. The second-order valence-corrected chi connectivity index (χ2v) is 3.42. The number of ether oxygens (including phenoxy) is 3. The van der Waals surface area contributed by atoms with Crippen LogP contribution < -0.4 is 0 Å². The van der Waals surface area contributed by atoms with E-state index in [-0.39, 0.29) is 11.1 Å². The summed E-state index contributed by atoms with van der Waals surface area (Å²) in [6.07, 6.45) is -0.670. The summed E-state index contributed by atoms with van der Waals surface area (Å²) in [7, 11) is 2.20. The molecule has 0 amide bonds. The van der Waals surface area contributed by atoms with Crippen LogP contribution in [0.5, 0.6) is 0 Å². The van der Waals surface area contributed by atoms with Gasteiger partial charge in [-0.05, 0) is 6.92 Å². The summed E-state index contributed by atoms with van der Waals surface area (Å²) in [5.41, 5.74) is -0.473. The summed E-state index contributed by atoms with van der Waals surface area (Å²) >= 11 is 0. The van der Waals surface area contributed by atoms with E-state index in [1.54, 1.807) is 0 Å². The van der Waals surface area contributed by atoms with Gasteiger partial charge in [-0.25, -0.2) is 9.59 Å². The lowest BCUT2D eigenvalue weighted by Crippen LogP contribution is -2.38. The third-order valence-corrected chi connectivity index (χ3v) is 2.33. The van der Waals surface area contributed by atoms with Crippen molar-refractivity contribution in [3.8, 4) is 0 Å². The maximum absolute atomic E-state index is 11.4. The smallest absolute Gasteiger partial charge is 0.340 e. The number of rotatable bonds is 3. The third-order valence-electron chi connectivity index (χ3n) is 2.33. The molecular formula is C10H12O7. The Morgan fingerprint density at radius 2 is 1.94 bits per heavy atom. The zero-order valence-electron chi connectivity index (χ0n) is 9.60. The van der Waals surface area contributed by atoms with E-state index in [0.717, 1.165) is 14.2 Å². The van der Waals surface area contributed by atoms with Crippen molar-refractivity contribution in [2.24, 2.45) is 0 Å². The van der Waals surface area contributed by atoms with Crippen LogP contribution in [0.2, 0.25) is 0 Å². The van der Waals surface area contributed by atoms with Crippen molar-refractivity contribution in [3.05, 3.63) is 11.1 Å². The highest BCUT2D eigenvalue weighted by Crippen LogP contribution is 2.34. The Bertz CT molecular complexity index is 409. The van der Waals surface area contributed by atoms with Gasteiger partial charge in [0.1, 0.15) is 12.0 Å². The molecule has 7 nitrogen and oxygen atoms in total. The Morgan fingerprint density at radius 3 is 2.41 bits per heavy atom. The quantitative estimate of drug-likeness (QED) is 0.516. The van der Waals surface area contributed by atoms with E-state index in [1.807, 2.05) is 0 Å². The minimum absolute atomic E-state index is 0.0942. The molecule has 1 unspecified atom stereocenters. The molecule has 1 aliphatic heterocycles. The highest BCUT2D eigenvalue weighted by Gasteiger charge is 2.50. The molecule has 1 heterocycles. The number of esters is 3. The molecule has 0 radical (unpaired) electrons. The molecule has 1 aliphatic rings. The van der Waals surface area contributed by atoms with Crippen LogP contribution in [-0.4, -0.2) is 43.0 Å². The van der Waals surface area contributed by atoms with Crippen molar-refractivity contribution < 1.29 is 33.7 Å². The largest absolute Gasteiger partial charge is 0.469 e. The predicted molar refractivity (Wildman–Crippen MR) is 52.4 cm³/mol. The Labute approximate surface area is 96.9 Å². The molecule has 17 heavy (non-hydrogen) atoms. The molecule has 0 aromatic rings. The Morgan fingerprint density at radius 1 is 1.35 bits per heavy atom. The van der Waals surface area contributed by atoms with E-state index in [4.69, 9.17) is 0 Å². The van der Waals surface area contributed by atoms with Crippen LogP contribution in [0.3, 0.4) is 0 Å². The van der Waals surface area contributed by atoms with E-state index in [1.165, 1.54) is 6.92 Å². The van der Waals surface area contributed by atoms with Gasteiger partial charge in [0.15, 0.2) is 0 Å². The topological polar surface area (TPSA) is 99.1 Å². The van der Waals surface area contributed by atoms with Crippen LogP contribution in [-0.2, 0) is 28.6 Å². The fourth-order valence-corrected chi connectivity index (χ4v) is 1.48. The Hall–Kier alpha value is -1.89. The minimum Gasteiger partial charge on any atom is -0.469 e. The van der Waals surface area contributed by atoms with Crippen molar-refractivity contribution in [3.63, 3.8) is 0 Å². The SMILES string of the molecule is COC(=O)CC1(O)OC(=O)C(C)=C1C(=O)OC. The van der Waals surface area contributed by atoms with Crippen LogP contribution in [0.25, 0.3) is 0 Å². The molecule has 1 rings (SSSR count). The van der Waals surface area contributed by atoms with E-state index in [9.17, 15) is 19.5 Å². The maximum atomic E-state index is 11.4. The third kappa shape index (κ3) is 2.28. The Balaban J connectivity index is 3.12. The van der Waals surface area contributed by atoms with Gasteiger partial charge < -0.3 is 19.3 Å². The van der Waals surface area contributed by atoms with Crippen LogP contribution in [0, 0.1) is 0 Å².